The second-order valence-corrected chi connectivity index (χ2v) is 4.51. The molecule has 0 aliphatic carbocycles. The van der Waals surface area contributed by atoms with Gasteiger partial charge in [0, 0.05) is 25.1 Å². The van der Waals surface area contributed by atoms with E-state index in [9.17, 15) is 0 Å². The average molecular weight is 229 g/mol. The summed E-state index contributed by atoms with van der Waals surface area (Å²) in [4.78, 5) is 0. The Hall–Kier alpha value is -0.520. The lowest BCUT2D eigenvalue weighted by Gasteiger charge is -2.06. The van der Waals surface area contributed by atoms with Gasteiger partial charge in [-0.15, -0.1) is 5.10 Å². The molecule has 0 fully saturated rings. The summed E-state index contributed by atoms with van der Waals surface area (Å²) in [6, 6.07) is 0. The minimum Gasteiger partial charge on any atom is -0.381 e. The largest absolute Gasteiger partial charge is 0.381 e. The molecule has 0 saturated carbocycles. The van der Waals surface area contributed by atoms with E-state index >= 15 is 0 Å². The van der Waals surface area contributed by atoms with Gasteiger partial charge in [0.15, 0.2) is 0 Å². The standard InChI is InChI=1S/C10H19N3OS/c1-9(2)7-14-5-3-4-11-6-10-8-15-13-12-10/h8-9,11H,3-7H2,1-2H3. The van der Waals surface area contributed by atoms with Gasteiger partial charge in [-0.3, -0.25) is 0 Å². The lowest BCUT2D eigenvalue weighted by Crippen LogP contribution is -2.17. The highest BCUT2D eigenvalue weighted by Crippen LogP contribution is 1.96. The molecule has 1 aromatic heterocycles. The van der Waals surface area contributed by atoms with Crippen LogP contribution in [0.4, 0.5) is 0 Å². The maximum Gasteiger partial charge on any atom is 0.0893 e. The van der Waals surface area contributed by atoms with E-state index in [4.69, 9.17) is 4.74 Å². The van der Waals surface area contributed by atoms with Crippen molar-refractivity contribution in [3.05, 3.63) is 11.1 Å². The fourth-order valence-corrected chi connectivity index (χ4v) is 1.55. The Balaban J connectivity index is 1.85. The normalized spacial score (nSPS) is 11.1. The van der Waals surface area contributed by atoms with Gasteiger partial charge in [-0.1, -0.05) is 18.3 Å². The minimum absolute atomic E-state index is 0.624. The van der Waals surface area contributed by atoms with Gasteiger partial charge in [0.1, 0.15) is 0 Å². The van der Waals surface area contributed by atoms with Crippen LogP contribution in [0.5, 0.6) is 0 Å². The summed E-state index contributed by atoms with van der Waals surface area (Å²) in [5.41, 5.74) is 1.02. The van der Waals surface area contributed by atoms with E-state index in [-0.39, 0.29) is 0 Å². The molecule has 0 spiro atoms. The molecule has 1 aromatic rings. The molecule has 0 aliphatic heterocycles. The van der Waals surface area contributed by atoms with Gasteiger partial charge >= 0.3 is 0 Å². The van der Waals surface area contributed by atoms with E-state index in [0.29, 0.717) is 5.92 Å². The first-order valence-corrected chi connectivity index (χ1v) is 6.17. The molecule has 0 unspecified atom stereocenters. The van der Waals surface area contributed by atoms with E-state index in [0.717, 1.165) is 38.4 Å². The molecule has 1 N–H and O–H groups in total. The summed E-state index contributed by atoms with van der Waals surface area (Å²) in [5, 5.41) is 9.21. The molecule has 0 atom stereocenters. The van der Waals surface area contributed by atoms with Crippen LogP contribution < -0.4 is 5.32 Å². The van der Waals surface area contributed by atoms with Crippen LogP contribution in [0.15, 0.2) is 5.38 Å². The highest BCUT2D eigenvalue weighted by molar-refractivity contribution is 7.03. The SMILES string of the molecule is CC(C)COCCCNCc1csnn1. The number of hydrogen-bond donors (Lipinski definition) is 1. The van der Waals surface area contributed by atoms with Crippen molar-refractivity contribution in [2.45, 2.75) is 26.8 Å². The summed E-state index contributed by atoms with van der Waals surface area (Å²) in [6.07, 6.45) is 1.05. The van der Waals surface area contributed by atoms with Crippen molar-refractivity contribution in [2.24, 2.45) is 5.92 Å². The van der Waals surface area contributed by atoms with Crippen LogP contribution in [-0.2, 0) is 11.3 Å². The zero-order valence-corrected chi connectivity index (χ0v) is 10.2. The van der Waals surface area contributed by atoms with E-state index in [1.165, 1.54) is 11.5 Å². The van der Waals surface area contributed by atoms with Crippen LogP contribution in [0.1, 0.15) is 26.0 Å². The molecule has 4 nitrogen and oxygen atoms in total. The zero-order valence-electron chi connectivity index (χ0n) is 9.40. The molecular weight excluding hydrogens is 210 g/mol. The highest BCUT2D eigenvalue weighted by Gasteiger charge is 1.96. The van der Waals surface area contributed by atoms with Gasteiger partial charge in [0.25, 0.3) is 0 Å². The third kappa shape index (κ3) is 6.54. The Morgan fingerprint density at radius 2 is 2.40 bits per heavy atom. The van der Waals surface area contributed by atoms with Crippen LogP contribution in [-0.4, -0.2) is 29.3 Å². The number of nitrogens with one attached hydrogen (secondary N) is 1. The molecule has 86 valence electrons. The van der Waals surface area contributed by atoms with Gasteiger partial charge in [0.05, 0.1) is 5.69 Å². The lowest BCUT2D eigenvalue weighted by atomic mass is 10.2. The molecule has 0 radical (unpaired) electrons. The molecule has 1 rings (SSSR count). The van der Waals surface area contributed by atoms with Crippen molar-refractivity contribution in [3.63, 3.8) is 0 Å². The maximum atomic E-state index is 5.47. The summed E-state index contributed by atoms with van der Waals surface area (Å²) in [6.45, 7) is 7.79. The van der Waals surface area contributed by atoms with Crippen molar-refractivity contribution < 1.29 is 4.74 Å². The fourth-order valence-electron chi connectivity index (χ4n) is 1.10. The number of aromatic nitrogens is 2. The van der Waals surface area contributed by atoms with Gasteiger partial charge in [-0.25, -0.2) is 0 Å². The van der Waals surface area contributed by atoms with Crippen LogP contribution in [0.2, 0.25) is 0 Å². The predicted octanol–water partition coefficient (Wildman–Crippen LogP) is 1.69. The quantitative estimate of drug-likeness (QED) is 0.689. The first kappa shape index (κ1) is 12.5. The van der Waals surface area contributed by atoms with Crippen molar-refractivity contribution in [1.29, 1.82) is 0 Å². The third-order valence-electron chi connectivity index (χ3n) is 1.80. The van der Waals surface area contributed by atoms with Crippen molar-refractivity contribution in [2.75, 3.05) is 19.8 Å². The van der Waals surface area contributed by atoms with Crippen molar-refractivity contribution in [3.8, 4) is 0 Å². The Morgan fingerprint density at radius 1 is 1.53 bits per heavy atom. The first-order valence-electron chi connectivity index (χ1n) is 5.33. The topological polar surface area (TPSA) is 47.0 Å². The van der Waals surface area contributed by atoms with Crippen LogP contribution in [0, 0.1) is 5.92 Å². The van der Waals surface area contributed by atoms with E-state index < -0.39 is 0 Å². The van der Waals surface area contributed by atoms with Gasteiger partial charge in [0.2, 0.25) is 0 Å². The smallest absolute Gasteiger partial charge is 0.0893 e. The molecular formula is C10H19N3OS. The Morgan fingerprint density at radius 3 is 3.07 bits per heavy atom. The first-order chi connectivity index (χ1) is 7.29. The molecule has 1 heterocycles. The Bertz CT molecular complexity index is 239. The van der Waals surface area contributed by atoms with E-state index in [1.54, 1.807) is 0 Å². The lowest BCUT2D eigenvalue weighted by molar-refractivity contribution is 0.108. The minimum atomic E-state index is 0.624. The second-order valence-electron chi connectivity index (χ2n) is 3.90. The fraction of sp³-hybridized carbons (Fsp3) is 0.800. The number of nitrogens with zero attached hydrogens (tertiary/aromatic N) is 2. The third-order valence-corrected chi connectivity index (χ3v) is 2.36. The van der Waals surface area contributed by atoms with Crippen molar-refractivity contribution in [1.82, 2.24) is 14.9 Å². The van der Waals surface area contributed by atoms with Crippen LogP contribution >= 0.6 is 11.5 Å². The van der Waals surface area contributed by atoms with Crippen LogP contribution in [0.3, 0.4) is 0 Å². The summed E-state index contributed by atoms with van der Waals surface area (Å²) in [7, 11) is 0. The molecule has 0 bridgehead atoms. The van der Waals surface area contributed by atoms with E-state index in [2.05, 4.69) is 28.8 Å². The predicted molar refractivity (Wildman–Crippen MR) is 61.9 cm³/mol. The Labute approximate surface area is 95.2 Å². The molecule has 5 heteroatoms. The molecule has 0 saturated heterocycles. The van der Waals surface area contributed by atoms with Crippen LogP contribution in [0.25, 0.3) is 0 Å². The second kappa shape index (κ2) is 7.73. The van der Waals surface area contributed by atoms with Crippen molar-refractivity contribution >= 4 is 11.5 Å². The molecule has 15 heavy (non-hydrogen) atoms. The average Bonchev–Trinajstić information content (AvgIpc) is 2.68. The van der Waals surface area contributed by atoms with Gasteiger partial charge in [-0.2, -0.15) is 0 Å². The summed E-state index contributed by atoms with van der Waals surface area (Å²) < 4.78 is 9.26. The molecule has 0 amide bonds. The molecule has 0 aromatic carbocycles. The number of rotatable bonds is 8. The molecule has 0 aliphatic rings. The van der Waals surface area contributed by atoms with Gasteiger partial charge in [-0.05, 0) is 30.4 Å². The number of ether oxygens (including phenoxy) is 1. The zero-order chi connectivity index (χ0) is 10.9. The highest BCUT2D eigenvalue weighted by atomic mass is 32.1. The maximum absolute atomic E-state index is 5.47. The van der Waals surface area contributed by atoms with E-state index in [1.807, 2.05) is 5.38 Å². The monoisotopic (exact) mass is 229 g/mol. The summed E-state index contributed by atoms with van der Waals surface area (Å²) >= 11 is 1.39. The number of hydrogen-bond acceptors (Lipinski definition) is 5. The Kier molecular flexibility index (Phi) is 6.47. The van der Waals surface area contributed by atoms with Gasteiger partial charge < -0.3 is 10.1 Å². The summed E-state index contributed by atoms with van der Waals surface area (Å²) in [5.74, 6) is 0.624.